The fourth-order valence-electron chi connectivity index (χ4n) is 2.99. The summed E-state index contributed by atoms with van der Waals surface area (Å²) in [5, 5.41) is 0.434. The average Bonchev–Trinajstić information content (AvgIpc) is 3.17. The van der Waals surface area contributed by atoms with Crippen LogP contribution in [0.2, 0.25) is 5.02 Å². The van der Waals surface area contributed by atoms with Gasteiger partial charge in [-0.2, -0.15) is 0 Å². The molecule has 0 atom stereocenters. The molecule has 0 saturated heterocycles. The molecule has 0 N–H and O–H groups in total. The van der Waals surface area contributed by atoms with E-state index < -0.39 is 11.9 Å². The summed E-state index contributed by atoms with van der Waals surface area (Å²) in [6, 6.07) is 17.4. The first-order valence-electron chi connectivity index (χ1n) is 9.48. The molecule has 0 spiro atoms. The van der Waals surface area contributed by atoms with Crippen LogP contribution in [-0.2, 0) is 9.53 Å². The molecule has 3 aromatic rings. The third-order valence-corrected chi connectivity index (χ3v) is 6.34. The molecule has 1 heterocycles. The SMILES string of the molecule is COc1cc(/C=C2\N=C(c3cc(I)ccc3Cl)OC2=O)cc(I)c1OC(=O)c1ccccc1. The minimum absolute atomic E-state index is 0.117. The van der Waals surface area contributed by atoms with Gasteiger partial charge in [-0.3, -0.25) is 0 Å². The molecule has 166 valence electrons. The van der Waals surface area contributed by atoms with Crippen molar-refractivity contribution in [2.24, 2.45) is 4.99 Å². The summed E-state index contributed by atoms with van der Waals surface area (Å²) in [6.07, 6.45) is 1.57. The van der Waals surface area contributed by atoms with Gasteiger partial charge in [-0.25, -0.2) is 14.6 Å². The molecule has 33 heavy (non-hydrogen) atoms. The quantitative estimate of drug-likeness (QED) is 0.140. The van der Waals surface area contributed by atoms with Gasteiger partial charge < -0.3 is 14.2 Å². The van der Waals surface area contributed by atoms with Crippen LogP contribution in [0.1, 0.15) is 21.5 Å². The van der Waals surface area contributed by atoms with Crippen LogP contribution in [-0.4, -0.2) is 24.9 Å². The van der Waals surface area contributed by atoms with Crippen molar-refractivity contribution >= 4 is 80.7 Å². The van der Waals surface area contributed by atoms with E-state index in [0.29, 0.717) is 31.0 Å². The Morgan fingerprint density at radius 3 is 2.58 bits per heavy atom. The number of carbonyl (C=O) groups excluding carboxylic acids is 2. The third kappa shape index (κ3) is 5.39. The maximum atomic E-state index is 12.5. The van der Waals surface area contributed by atoms with E-state index in [0.717, 1.165) is 3.57 Å². The third-order valence-electron chi connectivity index (χ3n) is 4.54. The Kier molecular flexibility index (Phi) is 7.35. The van der Waals surface area contributed by atoms with Gasteiger partial charge in [-0.1, -0.05) is 29.8 Å². The molecule has 1 aliphatic rings. The smallest absolute Gasteiger partial charge is 0.363 e. The van der Waals surface area contributed by atoms with Crippen LogP contribution < -0.4 is 9.47 Å². The number of hydrogen-bond acceptors (Lipinski definition) is 6. The van der Waals surface area contributed by atoms with Crippen molar-refractivity contribution < 1.29 is 23.8 Å². The van der Waals surface area contributed by atoms with Gasteiger partial charge >= 0.3 is 11.9 Å². The van der Waals surface area contributed by atoms with E-state index >= 15 is 0 Å². The molecular weight excluding hydrogens is 672 g/mol. The van der Waals surface area contributed by atoms with Gasteiger partial charge in [0.25, 0.3) is 0 Å². The normalized spacial score (nSPS) is 14.1. The Morgan fingerprint density at radius 2 is 1.85 bits per heavy atom. The van der Waals surface area contributed by atoms with Crippen molar-refractivity contribution in [2.45, 2.75) is 0 Å². The summed E-state index contributed by atoms with van der Waals surface area (Å²) in [6.45, 7) is 0. The molecule has 6 nitrogen and oxygen atoms in total. The highest BCUT2D eigenvalue weighted by Crippen LogP contribution is 2.36. The molecule has 4 rings (SSSR count). The van der Waals surface area contributed by atoms with Crippen LogP contribution >= 0.6 is 56.8 Å². The van der Waals surface area contributed by atoms with E-state index in [4.69, 9.17) is 25.8 Å². The standard InChI is InChI=1S/C24H14ClI2NO5/c1-31-20-11-13(9-18(27)21(20)32-23(29)14-5-3-2-4-6-14)10-19-24(30)33-22(28-19)16-12-15(26)7-8-17(16)25/h2-12H,1H3/b19-10-. The lowest BCUT2D eigenvalue weighted by atomic mass is 10.1. The predicted molar refractivity (Wildman–Crippen MR) is 142 cm³/mol. The maximum Gasteiger partial charge on any atom is 0.363 e. The first-order chi connectivity index (χ1) is 15.9. The van der Waals surface area contributed by atoms with Crippen molar-refractivity contribution in [2.75, 3.05) is 7.11 Å². The predicted octanol–water partition coefficient (Wildman–Crippen LogP) is 6.12. The van der Waals surface area contributed by atoms with Gasteiger partial charge in [0.1, 0.15) is 0 Å². The number of rotatable bonds is 5. The lowest BCUT2D eigenvalue weighted by Gasteiger charge is -2.12. The number of methoxy groups -OCH3 is 1. The molecule has 0 saturated carbocycles. The summed E-state index contributed by atoms with van der Waals surface area (Å²) in [5.74, 6) is -0.314. The number of ether oxygens (including phenoxy) is 3. The summed E-state index contributed by atoms with van der Waals surface area (Å²) >= 11 is 10.4. The highest BCUT2D eigenvalue weighted by molar-refractivity contribution is 14.1. The second kappa shape index (κ2) is 10.2. The fourth-order valence-corrected chi connectivity index (χ4v) is 4.42. The first kappa shape index (κ1) is 23.7. The Labute approximate surface area is 221 Å². The van der Waals surface area contributed by atoms with E-state index in [2.05, 4.69) is 27.6 Å². The monoisotopic (exact) mass is 685 g/mol. The van der Waals surface area contributed by atoms with Crippen LogP contribution in [0, 0.1) is 7.14 Å². The molecular formula is C24H14ClI2NO5. The van der Waals surface area contributed by atoms with Crippen LogP contribution in [0.5, 0.6) is 11.5 Å². The lowest BCUT2D eigenvalue weighted by molar-refractivity contribution is -0.129. The summed E-state index contributed by atoms with van der Waals surface area (Å²) < 4.78 is 17.9. The molecule has 9 heteroatoms. The minimum Gasteiger partial charge on any atom is -0.493 e. The molecule has 0 amide bonds. The molecule has 0 aliphatic carbocycles. The molecule has 0 radical (unpaired) electrons. The zero-order valence-electron chi connectivity index (χ0n) is 17.0. The Bertz CT molecular complexity index is 1320. The van der Waals surface area contributed by atoms with E-state index in [1.165, 1.54) is 7.11 Å². The number of halogens is 3. The molecule has 0 aromatic heterocycles. The van der Waals surface area contributed by atoms with Crippen molar-refractivity contribution in [3.05, 3.63) is 95.2 Å². The number of carbonyl (C=O) groups is 2. The van der Waals surface area contributed by atoms with E-state index in [9.17, 15) is 9.59 Å². The van der Waals surface area contributed by atoms with Gasteiger partial charge in [0.05, 0.1) is 26.8 Å². The zero-order chi connectivity index (χ0) is 23.5. The minimum atomic E-state index is -0.589. The molecule has 0 unspecified atom stereocenters. The number of cyclic esters (lactones) is 1. The van der Waals surface area contributed by atoms with Gasteiger partial charge in [-0.05, 0) is 99.3 Å². The van der Waals surface area contributed by atoms with E-state index in [1.807, 2.05) is 34.7 Å². The summed E-state index contributed by atoms with van der Waals surface area (Å²) in [5.41, 5.74) is 1.70. The Balaban J connectivity index is 1.65. The van der Waals surface area contributed by atoms with Crippen molar-refractivity contribution in [1.82, 2.24) is 0 Å². The van der Waals surface area contributed by atoms with Gasteiger partial charge in [0.15, 0.2) is 17.2 Å². The molecule has 3 aromatic carbocycles. The van der Waals surface area contributed by atoms with Crippen LogP contribution in [0.4, 0.5) is 0 Å². The fraction of sp³-hybridized carbons (Fsp3) is 0.0417. The average molecular weight is 686 g/mol. The van der Waals surface area contributed by atoms with Crippen molar-refractivity contribution in [3.63, 3.8) is 0 Å². The molecule has 0 fully saturated rings. The highest BCUT2D eigenvalue weighted by atomic mass is 127. The highest BCUT2D eigenvalue weighted by Gasteiger charge is 2.26. The van der Waals surface area contributed by atoms with Gasteiger partial charge in [-0.15, -0.1) is 0 Å². The van der Waals surface area contributed by atoms with E-state index in [1.54, 1.807) is 54.6 Å². The number of hydrogen-bond donors (Lipinski definition) is 0. The van der Waals surface area contributed by atoms with Crippen LogP contribution in [0.3, 0.4) is 0 Å². The van der Waals surface area contributed by atoms with E-state index in [-0.39, 0.29) is 17.3 Å². The molecule has 0 bridgehead atoms. The number of aliphatic imine (C=N–C) groups is 1. The number of nitrogens with zero attached hydrogens (tertiary/aromatic N) is 1. The Hall–Kier alpha value is -2.44. The number of benzene rings is 3. The second-order valence-corrected chi connectivity index (χ2v) is 9.56. The second-order valence-electron chi connectivity index (χ2n) is 6.75. The zero-order valence-corrected chi connectivity index (χ0v) is 22.0. The summed E-state index contributed by atoms with van der Waals surface area (Å²) in [7, 11) is 1.47. The maximum absolute atomic E-state index is 12.5. The van der Waals surface area contributed by atoms with Gasteiger partial charge in [0.2, 0.25) is 5.90 Å². The first-order valence-corrected chi connectivity index (χ1v) is 12.0. The Morgan fingerprint density at radius 1 is 1.09 bits per heavy atom. The lowest BCUT2D eigenvalue weighted by Crippen LogP contribution is -2.10. The van der Waals surface area contributed by atoms with Crippen LogP contribution in [0.25, 0.3) is 6.08 Å². The largest absolute Gasteiger partial charge is 0.493 e. The number of esters is 2. The van der Waals surface area contributed by atoms with Crippen molar-refractivity contribution in [3.8, 4) is 11.5 Å². The van der Waals surface area contributed by atoms with Crippen LogP contribution in [0.15, 0.2) is 71.4 Å². The molecule has 1 aliphatic heterocycles. The topological polar surface area (TPSA) is 74.2 Å². The summed E-state index contributed by atoms with van der Waals surface area (Å²) in [4.78, 5) is 29.2. The van der Waals surface area contributed by atoms with Gasteiger partial charge in [0, 0.05) is 3.57 Å². The van der Waals surface area contributed by atoms with Crippen molar-refractivity contribution in [1.29, 1.82) is 0 Å².